The zero-order valence-corrected chi connectivity index (χ0v) is 15.3. The van der Waals surface area contributed by atoms with Crippen LogP contribution in [0, 0.1) is 11.6 Å². The zero-order chi connectivity index (χ0) is 20.4. The SMILES string of the molecule is O=C(c1ccc(F)c(F)c1)N1CCN(C(=O)c2cn(-c3ccccc3)nn2)CC1. The number of halogens is 2. The van der Waals surface area contributed by atoms with Gasteiger partial charge in [0.25, 0.3) is 11.8 Å². The molecule has 0 aliphatic carbocycles. The van der Waals surface area contributed by atoms with Crippen molar-refractivity contribution < 1.29 is 18.4 Å². The lowest BCUT2D eigenvalue weighted by Crippen LogP contribution is -2.50. The number of carbonyl (C=O) groups excluding carboxylic acids is 2. The lowest BCUT2D eigenvalue weighted by molar-refractivity contribution is 0.0532. The number of para-hydroxylation sites is 1. The molecular formula is C20H17F2N5O2. The van der Waals surface area contributed by atoms with Crippen molar-refractivity contribution in [3.05, 3.63) is 77.6 Å². The largest absolute Gasteiger partial charge is 0.335 e. The van der Waals surface area contributed by atoms with Gasteiger partial charge in [0.2, 0.25) is 0 Å². The van der Waals surface area contributed by atoms with Crippen LogP contribution in [0.25, 0.3) is 5.69 Å². The van der Waals surface area contributed by atoms with Crippen molar-refractivity contribution in [2.45, 2.75) is 0 Å². The summed E-state index contributed by atoms with van der Waals surface area (Å²) in [6.07, 6.45) is 1.57. The third-order valence-corrected chi connectivity index (χ3v) is 4.75. The molecular weight excluding hydrogens is 380 g/mol. The molecule has 1 aliphatic rings. The molecule has 0 unspecified atom stereocenters. The normalized spacial score (nSPS) is 14.1. The molecule has 0 N–H and O–H groups in total. The van der Waals surface area contributed by atoms with Gasteiger partial charge in [0.05, 0.1) is 11.9 Å². The van der Waals surface area contributed by atoms with Gasteiger partial charge in [0.15, 0.2) is 17.3 Å². The molecule has 9 heteroatoms. The first-order chi connectivity index (χ1) is 14.0. The average molecular weight is 397 g/mol. The molecule has 0 atom stereocenters. The van der Waals surface area contributed by atoms with E-state index in [1.807, 2.05) is 30.3 Å². The van der Waals surface area contributed by atoms with Crippen LogP contribution in [0.1, 0.15) is 20.8 Å². The topological polar surface area (TPSA) is 71.3 Å². The summed E-state index contributed by atoms with van der Waals surface area (Å²) in [7, 11) is 0. The summed E-state index contributed by atoms with van der Waals surface area (Å²) in [6, 6.07) is 12.4. The molecule has 3 aromatic rings. The molecule has 0 radical (unpaired) electrons. The maximum Gasteiger partial charge on any atom is 0.276 e. The zero-order valence-electron chi connectivity index (χ0n) is 15.3. The molecule has 1 aromatic heterocycles. The molecule has 1 fully saturated rings. The summed E-state index contributed by atoms with van der Waals surface area (Å²) in [5.74, 6) is -2.73. The van der Waals surface area contributed by atoms with Crippen molar-refractivity contribution in [3.63, 3.8) is 0 Å². The summed E-state index contributed by atoms with van der Waals surface area (Å²) in [5.41, 5.74) is 1.09. The lowest BCUT2D eigenvalue weighted by Gasteiger charge is -2.34. The molecule has 1 aliphatic heterocycles. The molecule has 0 saturated carbocycles. The molecule has 2 amide bonds. The maximum absolute atomic E-state index is 13.4. The number of benzene rings is 2. The molecule has 29 heavy (non-hydrogen) atoms. The second kappa shape index (κ2) is 7.78. The quantitative estimate of drug-likeness (QED) is 0.679. The minimum atomic E-state index is -1.06. The Balaban J connectivity index is 1.39. The number of piperazine rings is 1. The second-order valence-electron chi connectivity index (χ2n) is 6.60. The number of rotatable bonds is 3. The number of hydrogen-bond donors (Lipinski definition) is 0. The van der Waals surface area contributed by atoms with E-state index in [2.05, 4.69) is 10.3 Å². The Morgan fingerprint density at radius 3 is 2.14 bits per heavy atom. The van der Waals surface area contributed by atoms with Crippen molar-refractivity contribution >= 4 is 11.8 Å². The fourth-order valence-corrected chi connectivity index (χ4v) is 3.16. The van der Waals surface area contributed by atoms with E-state index in [4.69, 9.17) is 0 Å². The van der Waals surface area contributed by atoms with Crippen LogP contribution in [0.15, 0.2) is 54.7 Å². The van der Waals surface area contributed by atoms with E-state index >= 15 is 0 Å². The van der Waals surface area contributed by atoms with Gasteiger partial charge in [-0.15, -0.1) is 5.10 Å². The number of hydrogen-bond acceptors (Lipinski definition) is 4. The van der Waals surface area contributed by atoms with E-state index in [1.165, 1.54) is 15.6 Å². The number of nitrogens with zero attached hydrogens (tertiary/aromatic N) is 5. The van der Waals surface area contributed by atoms with Gasteiger partial charge in [-0.3, -0.25) is 9.59 Å². The van der Waals surface area contributed by atoms with Crippen molar-refractivity contribution in [2.75, 3.05) is 26.2 Å². The molecule has 0 spiro atoms. The Morgan fingerprint density at radius 1 is 0.828 bits per heavy atom. The van der Waals surface area contributed by atoms with Crippen LogP contribution >= 0.6 is 0 Å². The molecule has 2 aromatic carbocycles. The van der Waals surface area contributed by atoms with Crippen LogP contribution < -0.4 is 0 Å². The van der Waals surface area contributed by atoms with Gasteiger partial charge in [0, 0.05) is 31.7 Å². The Hall–Kier alpha value is -3.62. The number of carbonyl (C=O) groups is 2. The van der Waals surface area contributed by atoms with E-state index in [0.29, 0.717) is 13.1 Å². The molecule has 148 valence electrons. The summed E-state index contributed by atoms with van der Waals surface area (Å²) >= 11 is 0. The predicted octanol–water partition coefficient (Wildman–Crippen LogP) is 2.14. The highest BCUT2D eigenvalue weighted by Crippen LogP contribution is 2.14. The molecule has 0 bridgehead atoms. The van der Waals surface area contributed by atoms with Crippen LogP contribution in [0.3, 0.4) is 0 Å². The van der Waals surface area contributed by atoms with Gasteiger partial charge in [-0.25, -0.2) is 13.5 Å². The van der Waals surface area contributed by atoms with E-state index in [-0.39, 0.29) is 30.3 Å². The molecule has 4 rings (SSSR count). The van der Waals surface area contributed by atoms with Crippen LogP contribution in [0.2, 0.25) is 0 Å². The smallest absolute Gasteiger partial charge is 0.276 e. The number of aromatic nitrogens is 3. The van der Waals surface area contributed by atoms with Crippen LogP contribution in [0.5, 0.6) is 0 Å². The minimum absolute atomic E-state index is 0.0782. The summed E-state index contributed by atoms with van der Waals surface area (Å²) in [4.78, 5) is 28.3. The van der Waals surface area contributed by atoms with Crippen LogP contribution in [-0.2, 0) is 0 Å². The Kier molecular flexibility index (Phi) is 5.03. The van der Waals surface area contributed by atoms with Gasteiger partial charge >= 0.3 is 0 Å². The first-order valence-electron chi connectivity index (χ1n) is 9.04. The number of amides is 2. The standard InChI is InChI=1S/C20H17F2N5O2/c21-16-7-6-14(12-17(16)22)19(28)25-8-10-26(11-9-25)20(29)18-13-27(24-23-18)15-4-2-1-3-5-15/h1-7,12-13H,8-11H2. The third-order valence-electron chi connectivity index (χ3n) is 4.75. The van der Waals surface area contributed by atoms with Gasteiger partial charge in [-0.2, -0.15) is 0 Å². The van der Waals surface area contributed by atoms with Crippen molar-refractivity contribution in [3.8, 4) is 5.69 Å². The van der Waals surface area contributed by atoms with Gasteiger partial charge < -0.3 is 9.80 Å². The van der Waals surface area contributed by atoms with E-state index in [9.17, 15) is 18.4 Å². The summed E-state index contributed by atoms with van der Waals surface area (Å²) in [6.45, 7) is 1.20. The molecule has 7 nitrogen and oxygen atoms in total. The van der Waals surface area contributed by atoms with Crippen LogP contribution in [0.4, 0.5) is 8.78 Å². The lowest BCUT2D eigenvalue weighted by atomic mass is 10.1. The molecule has 1 saturated heterocycles. The Morgan fingerprint density at radius 2 is 1.48 bits per heavy atom. The maximum atomic E-state index is 13.4. The summed E-state index contributed by atoms with van der Waals surface area (Å²) < 4.78 is 28.0. The van der Waals surface area contributed by atoms with E-state index in [1.54, 1.807) is 11.1 Å². The van der Waals surface area contributed by atoms with Crippen molar-refractivity contribution in [2.24, 2.45) is 0 Å². The van der Waals surface area contributed by atoms with Gasteiger partial charge in [-0.1, -0.05) is 23.4 Å². The Labute approximate surface area is 165 Å². The van der Waals surface area contributed by atoms with Crippen molar-refractivity contribution in [1.29, 1.82) is 0 Å². The third kappa shape index (κ3) is 3.84. The average Bonchev–Trinajstić information content (AvgIpc) is 3.26. The first-order valence-corrected chi connectivity index (χ1v) is 9.04. The first kappa shape index (κ1) is 18.7. The second-order valence-corrected chi connectivity index (χ2v) is 6.60. The van der Waals surface area contributed by atoms with Gasteiger partial charge in [0.1, 0.15) is 0 Å². The monoisotopic (exact) mass is 397 g/mol. The predicted molar refractivity (Wildman–Crippen MR) is 99.5 cm³/mol. The Bertz CT molecular complexity index is 1050. The van der Waals surface area contributed by atoms with Crippen LogP contribution in [-0.4, -0.2) is 62.8 Å². The van der Waals surface area contributed by atoms with Gasteiger partial charge in [-0.05, 0) is 30.3 Å². The summed E-state index contributed by atoms with van der Waals surface area (Å²) in [5, 5.41) is 7.94. The highest BCUT2D eigenvalue weighted by molar-refractivity contribution is 5.95. The molecule has 2 heterocycles. The fourth-order valence-electron chi connectivity index (χ4n) is 3.16. The fraction of sp³-hybridized carbons (Fsp3) is 0.200. The van der Waals surface area contributed by atoms with E-state index in [0.717, 1.165) is 17.8 Å². The highest BCUT2D eigenvalue weighted by atomic mass is 19.2. The highest BCUT2D eigenvalue weighted by Gasteiger charge is 2.27. The van der Waals surface area contributed by atoms with Crippen molar-refractivity contribution in [1.82, 2.24) is 24.8 Å². The minimum Gasteiger partial charge on any atom is -0.335 e. The van der Waals surface area contributed by atoms with E-state index < -0.39 is 17.5 Å².